The van der Waals surface area contributed by atoms with Crippen molar-refractivity contribution in [2.75, 3.05) is 4.90 Å². The zero-order valence-corrected chi connectivity index (χ0v) is 38.5. The third-order valence-corrected chi connectivity index (χ3v) is 13.8. The lowest BCUT2D eigenvalue weighted by Crippen LogP contribution is -2.22. The maximum absolute atomic E-state index is 5.60. The van der Waals surface area contributed by atoms with E-state index in [-0.39, 0.29) is 0 Å². The van der Waals surface area contributed by atoms with Gasteiger partial charge in [-0.05, 0) is 77.9 Å². The van der Waals surface area contributed by atoms with Crippen LogP contribution < -0.4 is 4.90 Å². The Labute approximate surface area is 406 Å². The van der Waals surface area contributed by atoms with Crippen LogP contribution in [0, 0.1) is 0 Å². The van der Waals surface area contributed by atoms with Crippen LogP contribution in [0.2, 0.25) is 0 Å². The molecule has 3 aromatic heterocycles. The zero-order valence-electron chi connectivity index (χ0n) is 38.5. The van der Waals surface area contributed by atoms with Crippen molar-refractivity contribution in [2.24, 2.45) is 0 Å². The first-order valence-electron chi connectivity index (χ1n) is 24.0. The number of hydrogen-bond acceptors (Lipinski definition) is 4. The van der Waals surface area contributed by atoms with Gasteiger partial charge in [-0.1, -0.05) is 201 Å². The lowest BCUT2D eigenvalue weighted by atomic mass is 9.98. The quantitative estimate of drug-likeness (QED) is 0.160. The Morgan fingerprint density at radius 3 is 1.77 bits per heavy atom. The number of rotatable bonds is 7. The first-order valence-corrected chi connectivity index (χ1v) is 24.0. The zero-order chi connectivity index (χ0) is 46.5. The van der Waals surface area contributed by atoms with Gasteiger partial charge in [0.1, 0.15) is 0 Å². The van der Waals surface area contributed by atoms with Gasteiger partial charge in [-0.3, -0.25) is 4.57 Å². The third kappa shape index (κ3) is 6.91. The minimum atomic E-state index is 0.545. The van der Waals surface area contributed by atoms with Crippen molar-refractivity contribution in [3.8, 4) is 56.7 Å². The monoisotopic (exact) mass is 898 g/mol. The van der Waals surface area contributed by atoms with Gasteiger partial charge in [0.15, 0.2) is 11.6 Å². The van der Waals surface area contributed by atoms with Crippen LogP contribution in [0.1, 0.15) is 18.4 Å². The smallest absolute Gasteiger partial charge is 0.238 e. The Morgan fingerprint density at radius 1 is 0.429 bits per heavy atom. The lowest BCUT2D eigenvalue weighted by Gasteiger charge is -2.31. The molecule has 70 heavy (non-hydrogen) atoms. The van der Waals surface area contributed by atoms with Crippen molar-refractivity contribution in [2.45, 2.75) is 19.3 Å². The van der Waals surface area contributed by atoms with E-state index in [2.05, 4.69) is 233 Å². The van der Waals surface area contributed by atoms with Gasteiger partial charge in [0.05, 0.1) is 33.4 Å². The fourth-order valence-corrected chi connectivity index (χ4v) is 10.6. The van der Waals surface area contributed by atoms with Gasteiger partial charge < -0.3 is 9.47 Å². The maximum atomic E-state index is 5.60. The van der Waals surface area contributed by atoms with E-state index in [1.165, 1.54) is 22.2 Å². The first-order chi connectivity index (χ1) is 34.7. The summed E-state index contributed by atoms with van der Waals surface area (Å²) in [6.45, 7) is 4.58. The molecule has 11 aromatic rings. The number of aromatic nitrogens is 5. The largest absolute Gasteiger partial charge is 0.315 e. The number of allylic oxidation sites excluding steroid dienone is 8. The molecular formula is C64H46N6. The summed E-state index contributed by atoms with van der Waals surface area (Å²) in [4.78, 5) is 18.7. The topological polar surface area (TPSA) is 51.8 Å². The number of nitrogens with zero attached hydrogens (tertiary/aromatic N) is 6. The molecule has 1 aliphatic carbocycles. The van der Waals surface area contributed by atoms with Gasteiger partial charge in [0, 0.05) is 49.6 Å². The molecule has 2 aliphatic rings. The molecule has 0 radical (unpaired) electrons. The highest BCUT2D eigenvalue weighted by Gasteiger charge is 2.26. The Hall–Kier alpha value is -9.13. The molecule has 0 atom stereocenters. The second-order valence-corrected chi connectivity index (χ2v) is 17.9. The van der Waals surface area contributed by atoms with Crippen LogP contribution in [-0.4, -0.2) is 24.1 Å². The maximum Gasteiger partial charge on any atom is 0.238 e. The van der Waals surface area contributed by atoms with Crippen LogP contribution in [-0.2, 0) is 6.42 Å². The summed E-state index contributed by atoms with van der Waals surface area (Å²) in [6, 6.07) is 67.0. The summed E-state index contributed by atoms with van der Waals surface area (Å²) in [7, 11) is 0. The van der Waals surface area contributed by atoms with Crippen molar-refractivity contribution in [3.05, 3.63) is 254 Å². The number of fused-ring (bicyclic) bond motifs is 8. The van der Waals surface area contributed by atoms with Gasteiger partial charge in [-0.2, -0.15) is 9.97 Å². The molecule has 0 unspecified atom stereocenters. The summed E-state index contributed by atoms with van der Waals surface area (Å²) in [6.07, 6.45) is 17.6. The number of hydrogen-bond donors (Lipinski definition) is 0. The van der Waals surface area contributed by atoms with Crippen molar-refractivity contribution >= 4 is 49.3 Å². The molecule has 332 valence electrons. The molecule has 0 N–H and O–H groups in total. The molecule has 6 heteroatoms. The van der Waals surface area contributed by atoms with E-state index in [0.29, 0.717) is 24.0 Å². The molecule has 0 spiro atoms. The third-order valence-electron chi connectivity index (χ3n) is 13.8. The Morgan fingerprint density at radius 2 is 1.03 bits per heavy atom. The van der Waals surface area contributed by atoms with Gasteiger partial charge in [0.25, 0.3) is 0 Å². The van der Waals surface area contributed by atoms with Gasteiger partial charge >= 0.3 is 0 Å². The molecule has 0 fully saturated rings. The average molecular weight is 899 g/mol. The van der Waals surface area contributed by atoms with Gasteiger partial charge in [-0.15, -0.1) is 0 Å². The minimum absolute atomic E-state index is 0.545. The molecule has 0 amide bonds. The van der Waals surface area contributed by atoms with E-state index >= 15 is 0 Å². The highest BCUT2D eigenvalue weighted by atomic mass is 15.2. The number of anilines is 1. The molecular weight excluding hydrogens is 853 g/mol. The summed E-state index contributed by atoms with van der Waals surface area (Å²) >= 11 is 0. The van der Waals surface area contributed by atoms with E-state index < -0.39 is 0 Å². The van der Waals surface area contributed by atoms with Crippen LogP contribution >= 0.6 is 0 Å². The van der Waals surface area contributed by atoms with E-state index in [1.807, 2.05) is 18.2 Å². The van der Waals surface area contributed by atoms with Gasteiger partial charge in [-0.25, -0.2) is 4.98 Å². The molecule has 4 heterocycles. The van der Waals surface area contributed by atoms with Crippen molar-refractivity contribution in [1.29, 1.82) is 0 Å². The van der Waals surface area contributed by atoms with Crippen molar-refractivity contribution in [1.82, 2.24) is 24.1 Å². The molecule has 0 saturated carbocycles. The molecule has 0 bridgehead atoms. The van der Waals surface area contributed by atoms with Crippen molar-refractivity contribution in [3.63, 3.8) is 0 Å². The van der Waals surface area contributed by atoms with Crippen molar-refractivity contribution < 1.29 is 0 Å². The fraction of sp³-hybridized carbons (Fsp3) is 0.0469. The molecule has 6 nitrogen and oxygen atoms in total. The predicted octanol–water partition coefficient (Wildman–Crippen LogP) is 16.0. The number of benzene rings is 8. The first kappa shape index (κ1) is 41.1. The summed E-state index contributed by atoms with van der Waals surface area (Å²) < 4.78 is 4.75. The Kier molecular flexibility index (Phi) is 10.1. The summed E-state index contributed by atoms with van der Waals surface area (Å²) in [5, 5.41) is 4.55. The summed E-state index contributed by atoms with van der Waals surface area (Å²) in [5.41, 5.74) is 16.1. The van der Waals surface area contributed by atoms with E-state index in [1.54, 1.807) is 0 Å². The lowest BCUT2D eigenvalue weighted by molar-refractivity contribution is 0.898. The molecule has 1 aliphatic heterocycles. The summed E-state index contributed by atoms with van der Waals surface area (Å²) in [5.74, 6) is 1.75. The van der Waals surface area contributed by atoms with Gasteiger partial charge in [0.2, 0.25) is 5.95 Å². The van der Waals surface area contributed by atoms with E-state index in [0.717, 1.165) is 96.0 Å². The molecule has 0 saturated heterocycles. The SMILES string of the molecule is C=C1/C=C\C=C/Cc2c(-c3nc(-c4ccccc4)nc(-n4c5ccccc5c5ccc6c7ccccc7n(-c7ccccc7-c7ccc(-c8ccccc8)cc7)c6c54)n3)cccc2N1C1=CC=CCC1. The molecule has 13 rings (SSSR count). The van der Waals surface area contributed by atoms with Crippen LogP contribution in [0.15, 0.2) is 249 Å². The fourth-order valence-electron chi connectivity index (χ4n) is 10.6. The highest BCUT2D eigenvalue weighted by Crippen LogP contribution is 2.44. The highest BCUT2D eigenvalue weighted by molar-refractivity contribution is 6.24. The minimum Gasteiger partial charge on any atom is -0.315 e. The van der Waals surface area contributed by atoms with Crippen LogP contribution in [0.4, 0.5) is 5.69 Å². The molecule has 8 aromatic carbocycles. The normalized spacial score (nSPS) is 14.7. The Balaban J connectivity index is 1.09. The number of para-hydroxylation sites is 3. The Bertz CT molecular complexity index is 3980. The van der Waals surface area contributed by atoms with Crippen LogP contribution in [0.25, 0.3) is 100 Å². The van der Waals surface area contributed by atoms with Crippen LogP contribution in [0.5, 0.6) is 0 Å². The van der Waals surface area contributed by atoms with E-state index in [9.17, 15) is 0 Å². The second-order valence-electron chi connectivity index (χ2n) is 17.9. The second kappa shape index (κ2) is 17.2. The average Bonchev–Trinajstić information content (AvgIpc) is 3.97. The predicted molar refractivity (Wildman–Crippen MR) is 290 cm³/mol. The van der Waals surface area contributed by atoms with Crippen LogP contribution in [0.3, 0.4) is 0 Å². The standard InChI is InChI=1S/C64H46N6/c1-43-21-6-2-13-29-52-55(32-20-36-57(52)68(43)48-26-11-5-12-27-48)63-65-62(47-24-9-4-10-25-47)66-64(67-63)70-59-35-19-16-31-51(59)54-42-41-53-50-30-15-18-34-58(50)69(60(53)61(54)70)56-33-17-14-28-49(56)46-39-37-45(38-40-46)44-22-7-3-8-23-44/h2-11,13-26,28,30-42H,1,12,27,29H2/b13-2-,21-6-. The van der Waals surface area contributed by atoms with E-state index in [4.69, 9.17) is 15.0 Å².